The van der Waals surface area contributed by atoms with E-state index in [-0.39, 0.29) is 12.5 Å². The predicted molar refractivity (Wildman–Crippen MR) is 100 cm³/mol. The first-order valence-electron chi connectivity index (χ1n) is 9.14. The van der Waals surface area contributed by atoms with Crippen molar-refractivity contribution in [2.24, 2.45) is 0 Å². The predicted octanol–water partition coefficient (Wildman–Crippen LogP) is 2.87. The number of hydrogen-bond acceptors (Lipinski definition) is 5. The van der Waals surface area contributed by atoms with Crippen molar-refractivity contribution in [1.29, 1.82) is 5.26 Å². The molecule has 6 heteroatoms. The lowest BCUT2D eigenvalue weighted by atomic mass is 9.92. The minimum atomic E-state index is -0.706. The second-order valence-corrected chi connectivity index (χ2v) is 6.98. The number of hydrogen-bond donors (Lipinski definition) is 1. The van der Waals surface area contributed by atoms with Gasteiger partial charge in [0.1, 0.15) is 5.54 Å². The Bertz CT molecular complexity index is 646. The van der Waals surface area contributed by atoms with Gasteiger partial charge in [0.25, 0.3) is 0 Å². The molecular formula is C20H29N3O3. The Balaban J connectivity index is 1.98. The maximum absolute atomic E-state index is 12.5. The van der Waals surface area contributed by atoms with Gasteiger partial charge in [0.05, 0.1) is 26.8 Å². The van der Waals surface area contributed by atoms with Crippen LogP contribution in [0.5, 0.6) is 11.5 Å². The van der Waals surface area contributed by atoms with Crippen LogP contribution < -0.4 is 14.8 Å². The van der Waals surface area contributed by atoms with Crippen molar-refractivity contribution in [1.82, 2.24) is 10.2 Å². The molecular weight excluding hydrogens is 330 g/mol. The maximum Gasteiger partial charge on any atom is 0.235 e. The van der Waals surface area contributed by atoms with Crippen LogP contribution in [-0.4, -0.2) is 44.2 Å². The van der Waals surface area contributed by atoms with Crippen LogP contribution in [0.2, 0.25) is 0 Å². The molecule has 1 aliphatic rings. The third-order valence-electron chi connectivity index (χ3n) is 4.89. The van der Waals surface area contributed by atoms with Crippen molar-refractivity contribution in [3.63, 3.8) is 0 Å². The van der Waals surface area contributed by atoms with E-state index in [1.807, 2.05) is 30.1 Å². The highest BCUT2D eigenvalue weighted by Crippen LogP contribution is 2.31. The molecule has 6 nitrogen and oxygen atoms in total. The summed E-state index contributed by atoms with van der Waals surface area (Å²) in [5.74, 6) is 1.24. The van der Waals surface area contributed by atoms with Gasteiger partial charge in [0.15, 0.2) is 11.5 Å². The Morgan fingerprint density at radius 1 is 1.23 bits per heavy atom. The summed E-state index contributed by atoms with van der Waals surface area (Å²) in [5.41, 5.74) is 0.244. The summed E-state index contributed by atoms with van der Waals surface area (Å²) in [6.07, 6.45) is 5.73. The number of nitriles is 1. The van der Waals surface area contributed by atoms with Crippen molar-refractivity contribution in [3.05, 3.63) is 23.8 Å². The summed E-state index contributed by atoms with van der Waals surface area (Å²) in [6, 6.07) is 8.06. The lowest BCUT2D eigenvalue weighted by Gasteiger charge is -2.27. The summed E-state index contributed by atoms with van der Waals surface area (Å²) in [6.45, 7) is 0.775. The van der Waals surface area contributed by atoms with Crippen molar-refractivity contribution in [2.45, 2.75) is 50.6 Å². The number of carbonyl (C=O) groups is 1. The van der Waals surface area contributed by atoms with Gasteiger partial charge < -0.3 is 14.8 Å². The summed E-state index contributed by atoms with van der Waals surface area (Å²) in [5, 5.41) is 12.6. The first kappa shape index (κ1) is 20.1. The van der Waals surface area contributed by atoms with Crippen molar-refractivity contribution in [2.75, 3.05) is 27.8 Å². The minimum Gasteiger partial charge on any atom is -0.493 e. The van der Waals surface area contributed by atoms with Gasteiger partial charge in [-0.05, 0) is 26.0 Å². The number of rotatable bonds is 7. The van der Waals surface area contributed by atoms with E-state index in [2.05, 4.69) is 11.4 Å². The van der Waals surface area contributed by atoms with E-state index in [0.29, 0.717) is 18.0 Å². The van der Waals surface area contributed by atoms with Gasteiger partial charge in [-0.2, -0.15) is 5.26 Å². The Morgan fingerprint density at radius 3 is 2.50 bits per heavy atom. The van der Waals surface area contributed by atoms with Crippen molar-refractivity contribution in [3.8, 4) is 17.6 Å². The van der Waals surface area contributed by atoms with E-state index in [4.69, 9.17) is 9.47 Å². The molecule has 2 rings (SSSR count). The molecule has 0 aliphatic heterocycles. The van der Waals surface area contributed by atoms with Crippen LogP contribution in [0.4, 0.5) is 0 Å². The Morgan fingerprint density at radius 2 is 1.92 bits per heavy atom. The Kier molecular flexibility index (Phi) is 7.28. The molecule has 1 N–H and O–H groups in total. The van der Waals surface area contributed by atoms with Crippen LogP contribution in [0.25, 0.3) is 0 Å². The molecule has 26 heavy (non-hydrogen) atoms. The fraction of sp³-hybridized carbons (Fsp3) is 0.600. The number of methoxy groups -OCH3 is 2. The monoisotopic (exact) mass is 359 g/mol. The molecule has 0 spiro atoms. The summed E-state index contributed by atoms with van der Waals surface area (Å²) < 4.78 is 10.8. The Labute approximate surface area is 156 Å². The van der Waals surface area contributed by atoms with Gasteiger partial charge in [-0.1, -0.05) is 37.8 Å². The van der Waals surface area contributed by atoms with Crippen LogP contribution in [0.3, 0.4) is 0 Å². The molecule has 0 heterocycles. The number of nitrogens with one attached hydrogen (secondary N) is 1. The Hall–Kier alpha value is -2.26. The number of benzene rings is 1. The molecule has 142 valence electrons. The van der Waals surface area contributed by atoms with Gasteiger partial charge in [-0.25, -0.2) is 0 Å². The summed E-state index contributed by atoms with van der Waals surface area (Å²) in [7, 11) is 5.09. The zero-order valence-corrected chi connectivity index (χ0v) is 16.0. The SMILES string of the molecule is COc1cccc(CN(C)CC(=O)NC2(C#N)CCCCCC2)c1OC. The van der Waals surface area contributed by atoms with Crippen molar-refractivity contribution < 1.29 is 14.3 Å². The fourth-order valence-electron chi connectivity index (χ4n) is 3.57. The average Bonchev–Trinajstić information content (AvgIpc) is 2.87. The lowest BCUT2D eigenvalue weighted by molar-refractivity contribution is -0.123. The summed E-state index contributed by atoms with van der Waals surface area (Å²) >= 11 is 0. The highest BCUT2D eigenvalue weighted by Gasteiger charge is 2.32. The lowest BCUT2D eigenvalue weighted by Crippen LogP contribution is -2.50. The maximum atomic E-state index is 12.5. The zero-order valence-electron chi connectivity index (χ0n) is 16.0. The third kappa shape index (κ3) is 5.12. The van der Waals surface area contributed by atoms with Crippen LogP contribution in [-0.2, 0) is 11.3 Å². The van der Waals surface area contributed by atoms with E-state index in [1.165, 1.54) is 0 Å². The molecule has 1 aromatic carbocycles. The molecule has 1 aliphatic carbocycles. The molecule has 0 aromatic heterocycles. The molecule has 0 bridgehead atoms. The topological polar surface area (TPSA) is 74.6 Å². The van der Waals surface area contributed by atoms with Crippen LogP contribution >= 0.6 is 0 Å². The third-order valence-corrected chi connectivity index (χ3v) is 4.89. The van der Waals surface area contributed by atoms with Crippen LogP contribution in [0.15, 0.2) is 18.2 Å². The minimum absolute atomic E-state index is 0.113. The second kappa shape index (κ2) is 9.44. The standard InChI is InChI=1S/C20H29N3O3/c1-23(13-16-9-8-10-17(25-2)19(16)26-3)14-18(24)22-20(15-21)11-6-4-5-7-12-20/h8-10H,4-7,11-14H2,1-3H3,(H,22,24). The molecule has 0 radical (unpaired) electrons. The molecule has 0 atom stereocenters. The molecule has 1 fully saturated rings. The van der Waals surface area contributed by atoms with Crippen molar-refractivity contribution >= 4 is 5.91 Å². The fourth-order valence-corrected chi connectivity index (χ4v) is 3.57. The number of carbonyl (C=O) groups excluding carboxylic acids is 1. The van der Waals surface area contributed by atoms with E-state index in [9.17, 15) is 10.1 Å². The second-order valence-electron chi connectivity index (χ2n) is 6.98. The van der Waals surface area contributed by atoms with E-state index >= 15 is 0 Å². The number of para-hydroxylation sites is 1. The van der Waals surface area contributed by atoms with Crippen LogP contribution in [0, 0.1) is 11.3 Å². The molecule has 0 saturated heterocycles. The molecule has 0 unspecified atom stereocenters. The zero-order chi connectivity index (χ0) is 19.0. The van der Waals surface area contributed by atoms with Gasteiger partial charge in [0.2, 0.25) is 5.91 Å². The molecule has 1 aromatic rings. The molecule has 1 saturated carbocycles. The number of likely N-dealkylation sites (N-methyl/N-ethyl adjacent to an activating group) is 1. The first-order chi connectivity index (χ1) is 12.5. The quantitative estimate of drug-likeness (QED) is 0.758. The normalized spacial score (nSPS) is 16.4. The average molecular weight is 359 g/mol. The smallest absolute Gasteiger partial charge is 0.235 e. The van der Waals surface area contributed by atoms with E-state index in [1.54, 1.807) is 14.2 Å². The van der Waals surface area contributed by atoms with Gasteiger partial charge in [-0.15, -0.1) is 0 Å². The van der Waals surface area contributed by atoms with Crippen LogP contribution in [0.1, 0.15) is 44.1 Å². The highest BCUT2D eigenvalue weighted by molar-refractivity contribution is 5.79. The highest BCUT2D eigenvalue weighted by atomic mass is 16.5. The van der Waals surface area contributed by atoms with Gasteiger partial charge in [0, 0.05) is 12.1 Å². The van der Waals surface area contributed by atoms with E-state index < -0.39 is 5.54 Å². The number of nitrogens with zero attached hydrogens (tertiary/aromatic N) is 2. The number of ether oxygens (including phenoxy) is 2. The van der Waals surface area contributed by atoms with E-state index in [0.717, 1.165) is 44.1 Å². The van der Waals surface area contributed by atoms with Gasteiger partial charge in [-0.3, -0.25) is 9.69 Å². The summed E-state index contributed by atoms with van der Waals surface area (Å²) in [4.78, 5) is 14.4. The number of amides is 1. The molecule has 1 amide bonds. The van der Waals surface area contributed by atoms with Gasteiger partial charge >= 0.3 is 0 Å². The largest absolute Gasteiger partial charge is 0.493 e. The first-order valence-corrected chi connectivity index (χ1v) is 9.14.